The number of hydrogen-bond acceptors (Lipinski definition) is 2. The fourth-order valence-corrected chi connectivity index (χ4v) is 3.59. The monoisotopic (exact) mass is 315 g/mol. The zero-order valence-electron chi connectivity index (χ0n) is 13.7. The number of aromatic nitrogens is 3. The fraction of sp³-hybridized carbons (Fsp3) is 0.556. The summed E-state index contributed by atoms with van der Waals surface area (Å²) in [6, 6.07) is 9.25. The Kier molecular flexibility index (Phi) is 4.22. The molecule has 1 aromatic carbocycles. The Labute approximate surface area is 137 Å². The third kappa shape index (κ3) is 3.02. The van der Waals surface area contributed by atoms with Crippen LogP contribution in [0.5, 0.6) is 0 Å². The highest BCUT2D eigenvalue weighted by molar-refractivity contribution is 7.71. The number of hydrogen-bond donors (Lipinski definition) is 1. The second-order valence-electron chi connectivity index (χ2n) is 7.34. The van der Waals surface area contributed by atoms with Crippen LogP contribution in [0.25, 0.3) is 11.4 Å². The van der Waals surface area contributed by atoms with E-state index in [-0.39, 0.29) is 5.41 Å². The fourth-order valence-electron chi connectivity index (χ4n) is 3.31. The van der Waals surface area contributed by atoms with Gasteiger partial charge in [0, 0.05) is 11.6 Å². The van der Waals surface area contributed by atoms with Crippen LogP contribution in [-0.4, -0.2) is 14.8 Å². The highest BCUT2D eigenvalue weighted by Gasteiger charge is 2.21. The number of aromatic amines is 1. The zero-order valence-corrected chi connectivity index (χ0v) is 14.5. The van der Waals surface area contributed by atoms with Crippen LogP contribution in [0, 0.1) is 4.77 Å². The van der Waals surface area contributed by atoms with Gasteiger partial charge in [-0.1, -0.05) is 64.3 Å². The topological polar surface area (TPSA) is 33.6 Å². The van der Waals surface area contributed by atoms with Crippen LogP contribution in [0.4, 0.5) is 0 Å². The molecule has 0 aliphatic heterocycles. The summed E-state index contributed by atoms with van der Waals surface area (Å²) in [6.07, 6.45) is 6.35. The summed E-state index contributed by atoms with van der Waals surface area (Å²) in [6.45, 7) is 6.71. The molecule has 1 N–H and O–H groups in total. The van der Waals surface area contributed by atoms with Crippen LogP contribution in [0.2, 0.25) is 0 Å². The molecule has 0 bridgehead atoms. The first-order valence-corrected chi connectivity index (χ1v) is 8.65. The van der Waals surface area contributed by atoms with Gasteiger partial charge in [0.1, 0.15) is 0 Å². The van der Waals surface area contributed by atoms with Gasteiger partial charge < -0.3 is 0 Å². The smallest absolute Gasteiger partial charge is 0.195 e. The predicted octanol–water partition coefficient (Wildman–Crippen LogP) is 5.41. The lowest BCUT2D eigenvalue weighted by molar-refractivity contribution is 0.352. The molecule has 3 nitrogen and oxygen atoms in total. The molecule has 3 rings (SSSR count). The van der Waals surface area contributed by atoms with Crippen LogP contribution in [-0.2, 0) is 5.41 Å². The van der Waals surface area contributed by atoms with Gasteiger partial charge in [0.25, 0.3) is 0 Å². The van der Waals surface area contributed by atoms with Crippen molar-refractivity contribution >= 4 is 12.2 Å². The van der Waals surface area contributed by atoms with E-state index < -0.39 is 0 Å². The molecular formula is C18H25N3S. The zero-order chi connectivity index (χ0) is 15.7. The van der Waals surface area contributed by atoms with Crippen LogP contribution < -0.4 is 0 Å². The lowest BCUT2D eigenvalue weighted by Gasteiger charge is -2.24. The average Bonchev–Trinajstić information content (AvgIpc) is 2.89. The highest BCUT2D eigenvalue weighted by Crippen LogP contribution is 2.32. The van der Waals surface area contributed by atoms with Crippen LogP contribution >= 0.6 is 12.2 Å². The first kappa shape index (κ1) is 15.5. The number of nitrogens with one attached hydrogen (secondary N) is 1. The molecule has 1 fully saturated rings. The highest BCUT2D eigenvalue weighted by atomic mass is 32.1. The molecule has 1 aliphatic carbocycles. The largest absolute Gasteiger partial charge is 0.297 e. The first-order valence-electron chi connectivity index (χ1n) is 8.24. The van der Waals surface area contributed by atoms with Gasteiger partial charge >= 0.3 is 0 Å². The third-order valence-corrected chi connectivity index (χ3v) is 4.94. The molecule has 1 saturated carbocycles. The standard InChI is InChI=1S/C18H25N3S/c1-18(2,3)14-11-9-13(10-12-14)16-19-20-17(22)21(16)15-7-5-4-6-8-15/h9-12,15H,4-8H2,1-3H3,(H,20,22). The molecule has 2 aromatic rings. The Morgan fingerprint density at radius 2 is 1.73 bits per heavy atom. The molecule has 0 saturated heterocycles. The maximum Gasteiger partial charge on any atom is 0.195 e. The van der Waals surface area contributed by atoms with Crippen molar-refractivity contribution in [2.75, 3.05) is 0 Å². The van der Waals surface area contributed by atoms with Crippen molar-refractivity contribution in [1.82, 2.24) is 14.8 Å². The third-order valence-electron chi connectivity index (χ3n) is 4.65. The second kappa shape index (κ2) is 5.99. The maximum absolute atomic E-state index is 5.48. The SMILES string of the molecule is CC(C)(C)c1ccc(-c2n[nH]c(=S)n2C2CCCCC2)cc1. The number of H-pyrrole nitrogens is 1. The van der Waals surface area contributed by atoms with Gasteiger partial charge in [-0.3, -0.25) is 9.67 Å². The van der Waals surface area contributed by atoms with Gasteiger partial charge in [-0.15, -0.1) is 0 Å². The number of rotatable bonds is 2. The van der Waals surface area contributed by atoms with Gasteiger partial charge in [-0.05, 0) is 36.0 Å². The molecular weight excluding hydrogens is 290 g/mol. The molecule has 0 unspecified atom stereocenters. The van der Waals surface area contributed by atoms with E-state index in [0.29, 0.717) is 6.04 Å². The summed E-state index contributed by atoms with van der Waals surface area (Å²) >= 11 is 5.48. The van der Waals surface area contributed by atoms with E-state index >= 15 is 0 Å². The molecule has 1 aliphatic rings. The lowest BCUT2D eigenvalue weighted by Crippen LogP contribution is -2.14. The van der Waals surface area contributed by atoms with E-state index in [1.165, 1.54) is 37.7 Å². The van der Waals surface area contributed by atoms with Crippen LogP contribution in [0.1, 0.15) is 64.5 Å². The Bertz CT molecular complexity index is 682. The van der Waals surface area contributed by atoms with Crippen molar-refractivity contribution in [2.45, 2.75) is 64.3 Å². The summed E-state index contributed by atoms with van der Waals surface area (Å²) in [5.41, 5.74) is 2.66. The van der Waals surface area contributed by atoms with Gasteiger partial charge in [-0.25, -0.2) is 0 Å². The van der Waals surface area contributed by atoms with Crippen molar-refractivity contribution < 1.29 is 0 Å². The molecule has 1 aromatic heterocycles. The second-order valence-corrected chi connectivity index (χ2v) is 7.73. The molecule has 0 atom stereocenters. The van der Waals surface area contributed by atoms with Gasteiger partial charge in [0.15, 0.2) is 10.6 Å². The molecule has 1 heterocycles. The summed E-state index contributed by atoms with van der Waals surface area (Å²) < 4.78 is 2.99. The minimum Gasteiger partial charge on any atom is -0.297 e. The molecule has 4 heteroatoms. The van der Waals surface area contributed by atoms with Crippen molar-refractivity contribution in [3.8, 4) is 11.4 Å². The Hall–Kier alpha value is -1.42. The first-order chi connectivity index (χ1) is 10.5. The van der Waals surface area contributed by atoms with Gasteiger partial charge in [-0.2, -0.15) is 5.10 Å². The minimum atomic E-state index is 0.173. The van der Waals surface area contributed by atoms with E-state index in [0.717, 1.165) is 16.2 Å². The Morgan fingerprint density at radius 1 is 1.09 bits per heavy atom. The molecule has 0 amide bonds. The maximum atomic E-state index is 5.48. The van der Waals surface area contributed by atoms with E-state index in [2.05, 4.69) is 59.8 Å². The van der Waals surface area contributed by atoms with E-state index in [1.807, 2.05) is 0 Å². The number of benzene rings is 1. The summed E-state index contributed by atoms with van der Waals surface area (Å²) in [5.74, 6) is 0.984. The van der Waals surface area contributed by atoms with Crippen LogP contribution in [0.3, 0.4) is 0 Å². The van der Waals surface area contributed by atoms with E-state index in [4.69, 9.17) is 12.2 Å². The van der Waals surface area contributed by atoms with Crippen molar-refractivity contribution in [3.05, 3.63) is 34.6 Å². The summed E-state index contributed by atoms with van der Waals surface area (Å²) in [5, 5.41) is 7.49. The summed E-state index contributed by atoms with van der Waals surface area (Å²) in [7, 11) is 0. The Balaban J connectivity index is 1.97. The molecule has 0 radical (unpaired) electrons. The normalized spacial score (nSPS) is 16.9. The van der Waals surface area contributed by atoms with Gasteiger partial charge in [0.05, 0.1) is 0 Å². The van der Waals surface area contributed by atoms with Crippen molar-refractivity contribution in [1.29, 1.82) is 0 Å². The van der Waals surface area contributed by atoms with Gasteiger partial charge in [0.2, 0.25) is 0 Å². The predicted molar refractivity (Wildman–Crippen MR) is 93.7 cm³/mol. The molecule has 0 spiro atoms. The molecule has 22 heavy (non-hydrogen) atoms. The minimum absolute atomic E-state index is 0.173. The number of nitrogens with zero attached hydrogens (tertiary/aromatic N) is 2. The Morgan fingerprint density at radius 3 is 2.32 bits per heavy atom. The molecule has 118 valence electrons. The van der Waals surface area contributed by atoms with Crippen LogP contribution in [0.15, 0.2) is 24.3 Å². The van der Waals surface area contributed by atoms with Crippen molar-refractivity contribution in [3.63, 3.8) is 0 Å². The van der Waals surface area contributed by atoms with E-state index in [1.54, 1.807) is 0 Å². The van der Waals surface area contributed by atoms with Crippen molar-refractivity contribution in [2.24, 2.45) is 0 Å². The summed E-state index contributed by atoms with van der Waals surface area (Å²) in [4.78, 5) is 0. The quantitative estimate of drug-likeness (QED) is 0.752. The lowest BCUT2D eigenvalue weighted by atomic mass is 9.86. The van der Waals surface area contributed by atoms with E-state index in [9.17, 15) is 0 Å². The average molecular weight is 315 g/mol.